The van der Waals surface area contributed by atoms with Crippen molar-refractivity contribution in [2.24, 2.45) is 29.6 Å². The number of rotatable bonds is 0. The highest BCUT2D eigenvalue weighted by molar-refractivity contribution is 5.07. The lowest BCUT2D eigenvalue weighted by Crippen LogP contribution is -2.27. The number of aliphatic hydroxyl groups excluding tert-OH is 1. The van der Waals surface area contributed by atoms with Crippen molar-refractivity contribution < 1.29 is 5.11 Å². The number of hydrogen-bond acceptors (Lipinski definition) is 1. The van der Waals surface area contributed by atoms with Gasteiger partial charge in [0.1, 0.15) is 0 Å². The highest BCUT2D eigenvalue weighted by Crippen LogP contribution is 2.59. The molecule has 68 valence electrons. The minimum Gasteiger partial charge on any atom is -0.393 e. The summed E-state index contributed by atoms with van der Waals surface area (Å²) in [5.74, 6) is 4.25. The summed E-state index contributed by atoms with van der Waals surface area (Å²) in [4.78, 5) is 0. The van der Waals surface area contributed by atoms with E-state index in [0.29, 0.717) is 0 Å². The largest absolute Gasteiger partial charge is 0.393 e. The summed E-state index contributed by atoms with van der Waals surface area (Å²) in [5, 5.41) is 9.66. The molecule has 0 spiro atoms. The maximum atomic E-state index is 9.66. The number of aliphatic hydroxyl groups is 1. The molecule has 12 heavy (non-hydrogen) atoms. The van der Waals surface area contributed by atoms with Crippen molar-refractivity contribution in [1.82, 2.24) is 0 Å². The van der Waals surface area contributed by atoms with Crippen LogP contribution in [0.15, 0.2) is 0 Å². The first-order chi connectivity index (χ1) is 5.75. The van der Waals surface area contributed by atoms with E-state index >= 15 is 0 Å². The zero-order valence-corrected chi connectivity index (χ0v) is 7.74. The van der Waals surface area contributed by atoms with Crippen LogP contribution in [-0.2, 0) is 0 Å². The molecule has 2 bridgehead atoms. The molecule has 0 heterocycles. The molecule has 3 aliphatic carbocycles. The fourth-order valence-electron chi connectivity index (χ4n) is 4.00. The standard InChI is InChI=1S/C11H18O/c1-6-2-7-4-8(3-6)10-9(5-7)11(10)12/h6-12H,2-5H2,1H3. The molecule has 0 aliphatic heterocycles. The molecule has 0 radical (unpaired) electrons. The monoisotopic (exact) mass is 166 g/mol. The Balaban J connectivity index is 1.80. The second kappa shape index (κ2) is 2.25. The first kappa shape index (κ1) is 7.37. The van der Waals surface area contributed by atoms with Crippen molar-refractivity contribution in [1.29, 1.82) is 0 Å². The van der Waals surface area contributed by atoms with Gasteiger partial charge in [0, 0.05) is 0 Å². The summed E-state index contributed by atoms with van der Waals surface area (Å²) >= 11 is 0. The summed E-state index contributed by atoms with van der Waals surface area (Å²) in [6.07, 6.45) is 5.71. The third kappa shape index (κ3) is 0.891. The average molecular weight is 166 g/mol. The lowest BCUT2D eigenvalue weighted by atomic mass is 9.68. The van der Waals surface area contributed by atoms with Crippen LogP contribution in [0.1, 0.15) is 32.6 Å². The lowest BCUT2D eigenvalue weighted by Gasteiger charge is -2.37. The van der Waals surface area contributed by atoms with Gasteiger partial charge in [0.15, 0.2) is 0 Å². The van der Waals surface area contributed by atoms with Crippen LogP contribution < -0.4 is 0 Å². The highest BCUT2D eigenvalue weighted by Gasteiger charge is 2.58. The fourth-order valence-corrected chi connectivity index (χ4v) is 4.00. The Labute approximate surface area is 74.2 Å². The van der Waals surface area contributed by atoms with E-state index in [0.717, 1.165) is 29.6 Å². The summed E-state index contributed by atoms with van der Waals surface area (Å²) in [6.45, 7) is 2.38. The van der Waals surface area contributed by atoms with Gasteiger partial charge in [0.05, 0.1) is 6.10 Å². The van der Waals surface area contributed by atoms with Crippen molar-refractivity contribution in [2.75, 3.05) is 0 Å². The zero-order valence-electron chi connectivity index (χ0n) is 7.74. The summed E-state index contributed by atoms with van der Waals surface area (Å²) < 4.78 is 0. The van der Waals surface area contributed by atoms with Crippen molar-refractivity contribution in [3.63, 3.8) is 0 Å². The molecule has 3 aliphatic rings. The second-order valence-corrected chi connectivity index (χ2v) is 5.41. The van der Waals surface area contributed by atoms with E-state index in [2.05, 4.69) is 6.92 Å². The Kier molecular flexibility index (Phi) is 1.39. The quantitative estimate of drug-likeness (QED) is 0.584. The molecule has 1 heteroatoms. The summed E-state index contributed by atoms with van der Waals surface area (Å²) in [6, 6.07) is 0. The minimum atomic E-state index is 0.102. The van der Waals surface area contributed by atoms with Gasteiger partial charge in [-0.1, -0.05) is 6.92 Å². The average Bonchev–Trinajstić information content (AvgIpc) is 2.60. The maximum Gasteiger partial charge on any atom is 0.0606 e. The van der Waals surface area contributed by atoms with Gasteiger partial charge < -0.3 is 5.11 Å². The number of fused-ring (bicyclic) bond motifs is 4. The Morgan fingerprint density at radius 1 is 1.08 bits per heavy atom. The van der Waals surface area contributed by atoms with Crippen LogP contribution in [0, 0.1) is 29.6 Å². The molecule has 3 rings (SSSR count). The van der Waals surface area contributed by atoms with Gasteiger partial charge in [0.25, 0.3) is 0 Å². The zero-order chi connectivity index (χ0) is 8.29. The van der Waals surface area contributed by atoms with E-state index in [1.807, 2.05) is 0 Å². The van der Waals surface area contributed by atoms with Crippen LogP contribution in [0.5, 0.6) is 0 Å². The molecule has 1 nitrogen and oxygen atoms in total. The van der Waals surface area contributed by atoms with Gasteiger partial charge in [-0.05, 0) is 55.3 Å². The first-order valence-corrected chi connectivity index (χ1v) is 5.43. The van der Waals surface area contributed by atoms with Gasteiger partial charge >= 0.3 is 0 Å². The van der Waals surface area contributed by atoms with Crippen LogP contribution in [0.25, 0.3) is 0 Å². The number of hydrogen-bond donors (Lipinski definition) is 1. The SMILES string of the molecule is CC1CC2CC(C1)C1C(O)C1C2. The predicted octanol–water partition coefficient (Wildman–Crippen LogP) is 2.05. The van der Waals surface area contributed by atoms with Crippen LogP contribution in [0.2, 0.25) is 0 Å². The minimum absolute atomic E-state index is 0.102. The van der Waals surface area contributed by atoms with Gasteiger partial charge in [0.2, 0.25) is 0 Å². The Morgan fingerprint density at radius 3 is 2.75 bits per heavy atom. The van der Waals surface area contributed by atoms with E-state index in [1.54, 1.807) is 0 Å². The molecule has 6 atom stereocenters. The molecule has 0 saturated heterocycles. The molecule has 1 N–H and O–H groups in total. The van der Waals surface area contributed by atoms with E-state index in [9.17, 15) is 5.11 Å². The highest BCUT2D eigenvalue weighted by atomic mass is 16.3. The van der Waals surface area contributed by atoms with E-state index in [-0.39, 0.29) is 6.10 Å². The molecule has 0 aromatic heterocycles. The van der Waals surface area contributed by atoms with Gasteiger partial charge in [-0.25, -0.2) is 0 Å². The normalized spacial score (nSPS) is 62.5. The molecule has 0 amide bonds. The summed E-state index contributed by atoms with van der Waals surface area (Å²) in [7, 11) is 0. The van der Waals surface area contributed by atoms with Gasteiger partial charge in [-0.15, -0.1) is 0 Å². The van der Waals surface area contributed by atoms with Crippen LogP contribution in [0.4, 0.5) is 0 Å². The second-order valence-electron chi connectivity index (χ2n) is 5.41. The van der Waals surface area contributed by atoms with Crippen LogP contribution >= 0.6 is 0 Å². The van der Waals surface area contributed by atoms with Crippen LogP contribution in [-0.4, -0.2) is 11.2 Å². The molecule has 3 fully saturated rings. The van der Waals surface area contributed by atoms with Crippen molar-refractivity contribution in [3.8, 4) is 0 Å². The first-order valence-electron chi connectivity index (χ1n) is 5.43. The molecular formula is C11H18O. The Hall–Kier alpha value is -0.0400. The van der Waals surface area contributed by atoms with Gasteiger partial charge in [-0.2, -0.15) is 0 Å². The molecule has 3 saturated carbocycles. The molecule has 0 aromatic rings. The van der Waals surface area contributed by atoms with E-state index in [1.165, 1.54) is 25.7 Å². The van der Waals surface area contributed by atoms with Crippen LogP contribution in [0.3, 0.4) is 0 Å². The smallest absolute Gasteiger partial charge is 0.0606 e. The third-order valence-corrected chi connectivity index (χ3v) is 4.41. The van der Waals surface area contributed by atoms with Gasteiger partial charge in [-0.3, -0.25) is 0 Å². The Morgan fingerprint density at radius 2 is 1.92 bits per heavy atom. The van der Waals surface area contributed by atoms with Crippen molar-refractivity contribution in [2.45, 2.75) is 38.7 Å². The maximum absolute atomic E-state index is 9.66. The fraction of sp³-hybridized carbons (Fsp3) is 1.00. The van der Waals surface area contributed by atoms with E-state index < -0.39 is 0 Å². The lowest BCUT2D eigenvalue weighted by molar-refractivity contribution is 0.133. The third-order valence-electron chi connectivity index (χ3n) is 4.41. The summed E-state index contributed by atoms with van der Waals surface area (Å²) in [5.41, 5.74) is 0. The molecular weight excluding hydrogens is 148 g/mol. The Bertz CT molecular complexity index is 197. The van der Waals surface area contributed by atoms with E-state index in [4.69, 9.17) is 0 Å². The van der Waals surface area contributed by atoms with Crippen molar-refractivity contribution in [3.05, 3.63) is 0 Å². The van der Waals surface area contributed by atoms with Crippen molar-refractivity contribution >= 4 is 0 Å². The molecule has 6 unspecified atom stereocenters. The predicted molar refractivity (Wildman–Crippen MR) is 47.6 cm³/mol. The molecule has 0 aromatic carbocycles. The topological polar surface area (TPSA) is 20.2 Å².